The summed E-state index contributed by atoms with van der Waals surface area (Å²) in [5.74, 6) is 0.425. The molecule has 0 amide bonds. The van der Waals surface area contributed by atoms with Gasteiger partial charge in [-0.3, -0.25) is 0 Å². The van der Waals surface area contributed by atoms with E-state index in [9.17, 15) is 0 Å². The number of rotatable bonds is 7. The van der Waals surface area contributed by atoms with E-state index in [1.165, 1.54) is 17.4 Å². The molecule has 1 saturated heterocycles. The van der Waals surface area contributed by atoms with Gasteiger partial charge >= 0.3 is 0 Å². The van der Waals surface area contributed by atoms with Crippen LogP contribution in [0.1, 0.15) is 35.1 Å². The molecule has 3 aromatic carbocycles. The number of hydrogen-bond acceptors (Lipinski definition) is 6. The summed E-state index contributed by atoms with van der Waals surface area (Å²) in [5.41, 5.74) is 5.41. The predicted octanol–water partition coefficient (Wildman–Crippen LogP) is 7.57. The molecule has 0 bridgehead atoms. The van der Waals surface area contributed by atoms with E-state index in [4.69, 9.17) is 19.2 Å². The van der Waals surface area contributed by atoms with Gasteiger partial charge in [-0.2, -0.15) is 0 Å². The van der Waals surface area contributed by atoms with Gasteiger partial charge in [0.2, 0.25) is 0 Å². The molecular weight excluding hydrogens is 499 g/mol. The number of fused-ring (bicyclic) bond motifs is 1. The van der Waals surface area contributed by atoms with Crippen molar-refractivity contribution in [1.82, 2.24) is 9.97 Å². The monoisotopic (exact) mass is 524 g/mol. The summed E-state index contributed by atoms with van der Waals surface area (Å²) in [5, 5.41) is 0.574. The van der Waals surface area contributed by atoms with Crippen molar-refractivity contribution in [2.45, 2.75) is 19.3 Å². The van der Waals surface area contributed by atoms with Gasteiger partial charge in [0.1, 0.15) is 33.5 Å². The van der Waals surface area contributed by atoms with E-state index in [1.54, 1.807) is 6.07 Å². The summed E-state index contributed by atoms with van der Waals surface area (Å²) in [6, 6.07) is 26.7. The van der Waals surface area contributed by atoms with Crippen molar-refractivity contribution < 1.29 is 18.6 Å². The van der Waals surface area contributed by atoms with E-state index in [0.29, 0.717) is 41.5 Å². The van der Waals surface area contributed by atoms with Gasteiger partial charge in [0.25, 0.3) is 0 Å². The third kappa shape index (κ3) is 5.22. The molecule has 0 atom stereocenters. The first-order chi connectivity index (χ1) is 18.6. The Labute approximate surface area is 224 Å². The zero-order valence-corrected chi connectivity index (χ0v) is 21.4. The van der Waals surface area contributed by atoms with Crippen molar-refractivity contribution in [3.63, 3.8) is 0 Å². The lowest BCUT2D eigenvalue weighted by Crippen LogP contribution is -2.17. The molecule has 1 aliphatic rings. The summed E-state index contributed by atoms with van der Waals surface area (Å²) < 4.78 is 32.1. The van der Waals surface area contributed by atoms with Crippen molar-refractivity contribution in [3.8, 4) is 16.3 Å². The second kappa shape index (κ2) is 10.8. The van der Waals surface area contributed by atoms with Crippen molar-refractivity contribution in [3.05, 3.63) is 120 Å². The fourth-order valence-corrected chi connectivity index (χ4v) is 5.24. The second-order valence-electron chi connectivity index (χ2n) is 8.98. The molecule has 2 aromatic heterocycles. The number of nitrogens with zero attached hydrogens (tertiary/aromatic N) is 2. The van der Waals surface area contributed by atoms with Crippen molar-refractivity contribution >= 4 is 27.3 Å². The number of benzene rings is 3. The van der Waals surface area contributed by atoms with Gasteiger partial charge in [0.05, 0.1) is 18.9 Å². The van der Waals surface area contributed by atoms with Crippen LogP contribution < -0.4 is 4.74 Å². The minimum absolute atomic E-state index is 0.362. The molecule has 38 heavy (non-hydrogen) atoms. The molecule has 1 fully saturated rings. The Morgan fingerprint density at radius 2 is 1.74 bits per heavy atom. The maximum absolute atomic E-state index is 15.0. The van der Waals surface area contributed by atoms with E-state index in [0.717, 1.165) is 39.4 Å². The lowest BCUT2D eigenvalue weighted by molar-refractivity contribution is -0.183. The highest BCUT2D eigenvalue weighted by Crippen LogP contribution is 2.34. The Balaban J connectivity index is 1.18. The first-order valence-electron chi connectivity index (χ1n) is 12.4. The smallest absolute Gasteiger partial charge is 0.183 e. The van der Waals surface area contributed by atoms with Crippen LogP contribution in [0.3, 0.4) is 0 Å². The van der Waals surface area contributed by atoms with E-state index in [-0.39, 0.29) is 5.82 Å². The Morgan fingerprint density at radius 3 is 2.50 bits per heavy atom. The minimum atomic E-state index is -0.526. The van der Waals surface area contributed by atoms with E-state index >= 15 is 4.39 Å². The van der Waals surface area contributed by atoms with Gasteiger partial charge < -0.3 is 14.2 Å². The van der Waals surface area contributed by atoms with Crippen molar-refractivity contribution in [2.75, 3.05) is 13.2 Å². The number of thiazole rings is 1. The summed E-state index contributed by atoms with van der Waals surface area (Å²) >= 11 is 1.35. The molecule has 7 heteroatoms. The molecule has 0 unspecified atom stereocenters. The highest BCUT2D eigenvalue weighted by molar-refractivity contribution is 7.21. The van der Waals surface area contributed by atoms with E-state index in [1.807, 2.05) is 72.8 Å². The fraction of sp³-hybridized carbons (Fsp3) is 0.161. The third-order valence-corrected chi connectivity index (χ3v) is 7.34. The molecule has 5 aromatic rings. The van der Waals surface area contributed by atoms with Gasteiger partial charge in [0, 0.05) is 16.7 Å². The van der Waals surface area contributed by atoms with Crippen molar-refractivity contribution in [2.24, 2.45) is 0 Å². The van der Waals surface area contributed by atoms with Gasteiger partial charge in [-0.25, -0.2) is 14.4 Å². The third-order valence-electron chi connectivity index (χ3n) is 6.34. The van der Waals surface area contributed by atoms with Crippen LogP contribution in [0.2, 0.25) is 0 Å². The molecule has 3 heterocycles. The maximum Gasteiger partial charge on any atom is 0.183 e. The van der Waals surface area contributed by atoms with Crippen molar-refractivity contribution in [1.29, 1.82) is 0 Å². The number of ether oxygens (including phenoxy) is 3. The largest absolute Gasteiger partial charge is 0.489 e. The first-order valence-corrected chi connectivity index (χ1v) is 13.2. The Kier molecular flexibility index (Phi) is 6.96. The number of hydrogen-bond donors (Lipinski definition) is 0. The van der Waals surface area contributed by atoms with Crippen LogP contribution in [-0.4, -0.2) is 23.2 Å². The van der Waals surface area contributed by atoms with Gasteiger partial charge in [-0.05, 0) is 53.9 Å². The Bertz CT molecular complexity index is 1580. The Morgan fingerprint density at radius 1 is 0.947 bits per heavy atom. The predicted molar refractivity (Wildman–Crippen MR) is 147 cm³/mol. The lowest BCUT2D eigenvalue weighted by atomic mass is 10.0. The molecule has 1 aliphatic heterocycles. The number of pyridine rings is 1. The average molecular weight is 525 g/mol. The first kappa shape index (κ1) is 24.4. The molecular formula is C31H25FN2O3S. The van der Waals surface area contributed by atoms with Crippen LogP contribution in [0.25, 0.3) is 26.5 Å². The number of halogens is 1. The lowest BCUT2D eigenvalue weighted by Gasteiger charge is -2.23. The van der Waals surface area contributed by atoms with Crippen LogP contribution in [0.5, 0.6) is 5.75 Å². The van der Waals surface area contributed by atoms with E-state index in [2.05, 4.69) is 11.6 Å². The minimum Gasteiger partial charge on any atom is -0.489 e. The van der Waals surface area contributed by atoms with Crippen LogP contribution in [0.15, 0.2) is 91.5 Å². The van der Waals surface area contributed by atoms with Gasteiger partial charge in [-0.1, -0.05) is 66.4 Å². The molecule has 0 spiro atoms. The van der Waals surface area contributed by atoms with Crippen LogP contribution in [0, 0.1) is 5.82 Å². The summed E-state index contributed by atoms with van der Waals surface area (Å²) in [6.07, 6.45) is 0.320. The quantitative estimate of drug-likeness (QED) is 0.220. The highest BCUT2D eigenvalue weighted by atomic mass is 32.1. The average Bonchev–Trinajstić information content (AvgIpc) is 3.40. The van der Waals surface area contributed by atoms with Gasteiger partial charge in [-0.15, -0.1) is 0 Å². The Hall–Kier alpha value is -3.91. The topological polar surface area (TPSA) is 53.5 Å². The molecule has 0 aliphatic carbocycles. The zero-order chi connectivity index (χ0) is 25.9. The maximum atomic E-state index is 15.0. The molecule has 190 valence electrons. The van der Waals surface area contributed by atoms with Crippen LogP contribution >= 0.6 is 11.3 Å². The van der Waals surface area contributed by atoms with Gasteiger partial charge in [0.15, 0.2) is 6.29 Å². The zero-order valence-electron chi connectivity index (χ0n) is 20.6. The molecule has 0 N–H and O–H groups in total. The van der Waals surface area contributed by atoms with Crippen LogP contribution in [0.4, 0.5) is 4.39 Å². The SMILES string of the molecule is C=C(c1ccc(OCc2ccccc2)cc1)c1ccc2nc(-c3ccc(C4OCCCO4)cc3F)sc2n1. The fourth-order valence-electron chi connectivity index (χ4n) is 4.27. The standard InChI is InChI=1S/C31H25FN2O3S/c1-20(22-8-11-24(12-9-22)37-19-21-6-3-2-4-7-21)27-14-15-28-30(33-27)38-29(34-28)25-13-10-23(18-26(25)32)31-35-16-5-17-36-31/h2-4,6-15,18,31H,1,5,16-17,19H2. The number of aromatic nitrogens is 2. The van der Waals surface area contributed by atoms with E-state index < -0.39 is 6.29 Å². The summed E-state index contributed by atoms with van der Waals surface area (Å²) in [6.45, 7) is 5.99. The second-order valence-corrected chi connectivity index (χ2v) is 9.96. The molecule has 5 nitrogen and oxygen atoms in total. The highest BCUT2D eigenvalue weighted by Gasteiger charge is 2.20. The van der Waals surface area contributed by atoms with Crippen LogP contribution in [-0.2, 0) is 16.1 Å². The molecule has 0 radical (unpaired) electrons. The molecule has 6 rings (SSSR count). The molecule has 0 saturated carbocycles. The normalized spacial score (nSPS) is 14.0. The summed E-state index contributed by atoms with van der Waals surface area (Å²) in [4.78, 5) is 10.1. The summed E-state index contributed by atoms with van der Waals surface area (Å²) in [7, 11) is 0.